The Kier molecular flexibility index (Phi) is 6.32. The van der Waals surface area contributed by atoms with Crippen LogP contribution in [0.25, 0.3) is 0 Å². The average Bonchev–Trinajstić information content (AvgIpc) is 2.33. The lowest BCUT2D eigenvalue weighted by Crippen LogP contribution is -2.46. The number of amides is 2. The minimum absolute atomic E-state index is 0.000872. The van der Waals surface area contributed by atoms with Crippen LogP contribution < -0.4 is 0 Å². The second-order valence-electron chi connectivity index (χ2n) is 6.21. The summed E-state index contributed by atoms with van der Waals surface area (Å²) in [5.41, 5.74) is 0. The van der Waals surface area contributed by atoms with Crippen molar-refractivity contribution >= 4 is 11.8 Å². The summed E-state index contributed by atoms with van der Waals surface area (Å²) in [6.07, 6.45) is 3.23. The molecule has 1 aliphatic rings. The molecule has 1 heterocycles. The molecule has 1 aliphatic heterocycles. The van der Waals surface area contributed by atoms with E-state index < -0.39 is 0 Å². The SMILES string of the molecule is CC(=O)N(CCC(C)C)CC(=O)N1CCCC(C)C1. The number of nitrogens with zero attached hydrogens (tertiary/aromatic N) is 2. The molecular weight excluding hydrogens is 240 g/mol. The molecule has 1 atom stereocenters. The van der Waals surface area contributed by atoms with Crippen LogP contribution in [0.3, 0.4) is 0 Å². The van der Waals surface area contributed by atoms with Gasteiger partial charge < -0.3 is 9.80 Å². The van der Waals surface area contributed by atoms with Crippen molar-refractivity contribution in [2.45, 2.75) is 47.0 Å². The highest BCUT2D eigenvalue weighted by molar-refractivity contribution is 5.83. The molecule has 0 radical (unpaired) electrons. The lowest BCUT2D eigenvalue weighted by Gasteiger charge is -2.33. The normalized spacial score (nSPS) is 19.6. The average molecular weight is 268 g/mol. The monoisotopic (exact) mass is 268 g/mol. The van der Waals surface area contributed by atoms with Crippen molar-refractivity contribution < 1.29 is 9.59 Å². The molecule has 110 valence electrons. The van der Waals surface area contributed by atoms with Gasteiger partial charge in [0.25, 0.3) is 0 Å². The maximum atomic E-state index is 12.2. The Morgan fingerprint density at radius 1 is 1.37 bits per heavy atom. The molecule has 0 aromatic carbocycles. The minimum Gasteiger partial charge on any atom is -0.341 e. The molecule has 0 spiro atoms. The van der Waals surface area contributed by atoms with Crippen molar-refractivity contribution in [2.24, 2.45) is 11.8 Å². The number of rotatable bonds is 5. The smallest absolute Gasteiger partial charge is 0.242 e. The summed E-state index contributed by atoms with van der Waals surface area (Å²) in [5, 5.41) is 0. The highest BCUT2D eigenvalue weighted by atomic mass is 16.2. The molecule has 4 heteroatoms. The molecule has 0 N–H and O–H groups in total. The summed E-state index contributed by atoms with van der Waals surface area (Å²) in [6.45, 7) is 10.6. The molecule has 0 aromatic rings. The summed E-state index contributed by atoms with van der Waals surface area (Å²) >= 11 is 0. The highest BCUT2D eigenvalue weighted by Crippen LogP contribution is 2.15. The standard InChI is InChI=1S/C15H28N2O2/c1-12(2)7-9-16(14(4)18)11-15(19)17-8-5-6-13(3)10-17/h12-13H,5-11H2,1-4H3. The third-order valence-corrected chi connectivity index (χ3v) is 3.76. The predicted octanol–water partition coefficient (Wildman–Crippen LogP) is 2.14. The Hall–Kier alpha value is -1.06. The lowest BCUT2D eigenvalue weighted by molar-refractivity contribution is -0.140. The first-order valence-corrected chi connectivity index (χ1v) is 7.43. The molecule has 0 aliphatic carbocycles. The van der Waals surface area contributed by atoms with E-state index in [0.29, 0.717) is 18.4 Å². The molecule has 1 unspecified atom stereocenters. The molecule has 2 amide bonds. The van der Waals surface area contributed by atoms with E-state index in [9.17, 15) is 9.59 Å². The predicted molar refractivity (Wildman–Crippen MR) is 76.7 cm³/mol. The van der Waals surface area contributed by atoms with E-state index in [4.69, 9.17) is 0 Å². The number of carbonyl (C=O) groups is 2. The number of likely N-dealkylation sites (tertiary alicyclic amines) is 1. The van der Waals surface area contributed by atoms with Gasteiger partial charge in [0.15, 0.2) is 0 Å². The second kappa shape index (κ2) is 7.51. The van der Waals surface area contributed by atoms with Crippen LogP contribution in [0.1, 0.15) is 47.0 Å². The van der Waals surface area contributed by atoms with Gasteiger partial charge >= 0.3 is 0 Å². The first-order valence-electron chi connectivity index (χ1n) is 7.43. The first-order chi connectivity index (χ1) is 8.90. The van der Waals surface area contributed by atoms with Gasteiger partial charge in [-0.15, -0.1) is 0 Å². The zero-order valence-corrected chi connectivity index (χ0v) is 12.8. The second-order valence-corrected chi connectivity index (χ2v) is 6.21. The Balaban J connectivity index is 2.48. The van der Waals surface area contributed by atoms with Crippen molar-refractivity contribution in [1.29, 1.82) is 0 Å². The molecule has 4 nitrogen and oxygen atoms in total. The summed E-state index contributed by atoms with van der Waals surface area (Å²) in [4.78, 5) is 27.4. The zero-order chi connectivity index (χ0) is 14.4. The summed E-state index contributed by atoms with van der Waals surface area (Å²) in [7, 11) is 0. The largest absolute Gasteiger partial charge is 0.341 e. The first kappa shape index (κ1) is 16.0. The molecule has 1 rings (SSSR count). The van der Waals surface area contributed by atoms with E-state index in [0.717, 1.165) is 25.9 Å². The van der Waals surface area contributed by atoms with Crippen LogP contribution in [0.15, 0.2) is 0 Å². The van der Waals surface area contributed by atoms with Crippen molar-refractivity contribution in [3.05, 3.63) is 0 Å². The third-order valence-electron chi connectivity index (χ3n) is 3.76. The van der Waals surface area contributed by atoms with E-state index in [2.05, 4.69) is 20.8 Å². The van der Waals surface area contributed by atoms with E-state index >= 15 is 0 Å². The molecular formula is C15H28N2O2. The Bertz CT molecular complexity index is 315. The molecule has 0 aromatic heterocycles. The van der Waals surface area contributed by atoms with Crippen LogP contribution in [0.2, 0.25) is 0 Å². The van der Waals surface area contributed by atoms with Gasteiger partial charge in [0.1, 0.15) is 0 Å². The number of piperidine rings is 1. The van der Waals surface area contributed by atoms with Crippen LogP contribution in [0.4, 0.5) is 0 Å². The zero-order valence-electron chi connectivity index (χ0n) is 12.8. The van der Waals surface area contributed by atoms with Gasteiger partial charge in [0, 0.05) is 26.6 Å². The van der Waals surface area contributed by atoms with Gasteiger partial charge in [0.05, 0.1) is 6.54 Å². The maximum absolute atomic E-state index is 12.2. The molecule has 1 saturated heterocycles. The van der Waals surface area contributed by atoms with Gasteiger partial charge in [-0.05, 0) is 31.1 Å². The topological polar surface area (TPSA) is 40.6 Å². The quantitative estimate of drug-likeness (QED) is 0.766. The molecule has 1 fully saturated rings. The molecule has 0 bridgehead atoms. The Labute approximate surface area is 117 Å². The maximum Gasteiger partial charge on any atom is 0.242 e. The highest BCUT2D eigenvalue weighted by Gasteiger charge is 2.23. The Morgan fingerprint density at radius 2 is 2.05 bits per heavy atom. The van der Waals surface area contributed by atoms with Crippen LogP contribution in [0, 0.1) is 11.8 Å². The van der Waals surface area contributed by atoms with Gasteiger partial charge in [-0.1, -0.05) is 20.8 Å². The van der Waals surface area contributed by atoms with Gasteiger partial charge in [-0.25, -0.2) is 0 Å². The summed E-state index contributed by atoms with van der Waals surface area (Å²) < 4.78 is 0. The summed E-state index contributed by atoms with van der Waals surface area (Å²) in [6, 6.07) is 0. The van der Waals surface area contributed by atoms with Gasteiger partial charge in [-0.3, -0.25) is 9.59 Å². The fourth-order valence-electron chi connectivity index (χ4n) is 2.44. The van der Waals surface area contributed by atoms with E-state index in [-0.39, 0.29) is 18.4 Å². The van der Waals surface area contributed by atoms with E-state index in [1.54, 1.807) is 11.8 Å². The van der Waals surface area contributed by atoms with Crippen molar-refractivity contribution in [3.63, 3.8) is 0 Å². The number of carbonyl (C=O) groups excluding carboxylic acids is 2. The van der Waals surface area contributed by atoms with Crippen LogP contribution >= 0.6 is 0 Å². The van der Waals surface area contributed by atoms with Crippen LogP contribution in [-0.4, -0.2) is 47.8 Å². The molecule has 19 heavy (non-hydrogen) atoms. The van der Waals surface area contributed by atoms with Gasteiger partial charge in [0.2, 0.25) is 11.8 Å². The third kappa shape index (κ3) is 5.62. The summed E-state index contributed by atoms with van der Waals surface area (Å²) in [5.74, 6) is 1.23. The number of hydrogen-bond donors (Lipinski definition) is 0. The van der Waals surface area contributed by atoms with E-state index in [1.165, 1.54) is 6.42 Å². The lowest BCUT2D eigenvalue weighted by atomic mass is 10.0. The van der Waals surface area contributed by atoms with E-state index in [1.807, 2.05) is 4.90 Å². The van der Waals surface area contributed by atoms with Crippen LogP contribution in [-0.2, 0) is 9.59 Å². The Morgan fingerprint density at radius 3 is 2.58 bits per heavy atom. The van der Waals surface area contributed by atoms with Gasteiger partial charge in [-0.2, -0.15) is 0 Å². The van der Waals surface area contributed by atoms with Crippen molar-refractivity contribution in [1.82, 2.24) is 9.80 Å². The number of hydrogen-bond acceptors (Lipinski definition) is 2. The van der Waals surface area contributed by atoms with Crippen molar-refractivity contribution in [2.75, 3.05) is 26.2 Å². The minimum atomic E-state index is -0.000872. The van der Waals surface area contributed by atoms with Crippen LogP contribution in [0.5, 0.6) is 0 Å². The van der Waals surface area contributed by atoms with Crippen molar-refractivity contribution in [3.8, 4) is 0 Å². The molecule has 0 saturated carbocycles. The fraction of sp³-hybridized carbons (Fsp3) is 0.867. The fourth-order valence-corrected chi connectivity index (χ4v) is 2.44.